The fourth-order valence-electron chi connectivity index (χ4n) is 1.59. The number of carbonyl (C=O) groups excluding carboxylic acids is 2. The molecule has 0 aliphatic carbocycles. The lowest BCUT2D eigenvalue weighted by Crippen LogP contribution is -2.48. The predicted octanol–water partition coefficient (Wildman–Crippen LogP) is 2.26. The summed E-state index contributed by atoms with van der Waals surface area (Å²) in [6.07, 6.45) is 0. The SMILES string of the molecule is O=C(NNC(=S)NC(=O)c1ccc([N+](=O)[O-])cc1Cl)c1cccs1. The number of carbonyl (C=O) groups is 2. The Morgan fingerprint density at radius 2 is 1.96 bits per heavy atom. The highest BCUT2D eigenvalue weighted by molar-refractivity contribution is 7.80. The van der Waals surface area contributed by atoms with Crippen molar-refractivity contribution in [2.75, 3.05) is 0 Å². The van der Waals surface area contributed by atoms with Gasteiger partial charge in [-0.3, -0.25) is 35.9 Å². The van der Waals surface area contributed by atoms with Crippen LogP contribution in [0.1, 0.15) is 20.0 Å². The second-order valence-corrected chi connectivity index (χ2v) is 6.02. The van der Waals surface area contributed by atoms with Gasteiger partial charge in [0.05, 0.1) is 20.4 Å². The fraction of sp³-hybridized carbons (Fsp3) is 0. The second-order valence-electron chi connectivity index (χ2n) is 4.26. The maximum absolute atomic E-state index is 12.0. The molecule has 3 N–H and O–H groups in total. The summed E-state index contributed by atoms with van der Waals surface area (Å²) in [6.45, 7) is 0. The van der Waals surface area contributed by atoms with E-state index in [-0.39, 0.29) is 21.4 Å². The van der Waals surface area contributed by atoms with Crippen LogP contribution in [0.25, 0.3) is 0 Å². The number of nitrogens with zero attached hydrogens (tertiary/aromatic N) is 1. The number of nitrogens with one attached hydrogen (secondary N) is 3. The summed E-state index contributed by atoms with van der Waals surface area (Å²) in [5.41, 5.74) is 4.47. The van der Waals surface area contributed by atoms with Crippen molar-refractivity contribution in [2.24, 2.45) is 0 Å². The lowest BCUT2D eigenvalue weighted by Gasteiger charge is -2.10. The van der Waals surface area contributed by atoms with Crippen LogP contribution in [0.3, 0.4) is 0 Å². The third-order valence-electron chi connectivity index (χ3n) is 2.67. The van der Waals surface area contributed by atoms with E-state index in [1.165, 1.54) is 17.4 Å². The molecule has 0 spiro atoms. The summed E-state index contributed by atoms with van der Waals surface area (Å²) in [4.78, 5) is 34.2. The molecule has 0 radical (unpaired) electrons. The largest absolute Gasteiger partial charge is 0.298 e. The molecule has 0 saturated carbocycles. The van der Waals surface area contributed by atoms with E-state index in [1.807, 2.05) is 0 Å². The maximum Gasteiger partial charge on any atom is 0.279 e. The predicted molar refractivity (Wildman–Crippen MR) is 93.1 cm³/mol. The Morgan fingerprint density at radius 3 is 2.54 bits per heavy atom. The Hall–Kier alpha value is -2.56. The number of benzene rings is 1. The summed E-state index contributed by atoms with van der Waals surface area (Å²) in [7, 11) is 0. The van der Waals surface area contributed by atoms with Crippen molar-refractivity contribution in [1.29, 1.82) is 0 Å². The van der Waals surface area contributed by atoms with Crippen LogP contribution in [-0.2, 0) is 0 Å². The van der Waals surface area contributed by atoms with E-state index in [0.717, 1.165) is 12.1 Å². The van der Waals surface area contributed by atoms with Crippen molar-refractivity contribution >= 4 is 57.8 Å². The summed E-state index contributed by atoms with van der Waals surface area (Å²) in [6, 6.07) is 6.76. The number of halogens is 1. The van der Waals surface area contributed by atoms with E-state index in [9.17, 15) is 19.7 Å². The van der Waals surface area contributed by atoms with Crippen LogP contribution < -0.4 is 16.2 Å². The standard InChI is InChI=1S/C13H9ClN4O4S2/c14-9-6-7(18(21)22)3-4-8(9)11(19)15-13(23)17-16-12(20)10-2-1-5-24-10/h1-6H,(H,16,20)(H2,15,17,19,23). The van der Waals surface area contributed by atoms with Gasteiger partial charge < -0.3 is 0 Å². The van der Waals surface area contributed by atoms with Gasteiger partial charge in [0, 0.05) is 12.1 Å². The Morgan fingerprint density at radius 1 is 1.21 bits per heavy atom. The van der Waals surface area contributed by atoms with E-state index in [2.05, 4.69) is 16.2 Å². The van der Waals surface area contributed by atoms with Crippen LogP contribution in [0.4, 0.5) is 5.69 Å². The van der Waals surface area contributed by atoms with E-state index < -0.39 is 16.7 Å². The average Bonchev–Trinajstić information content (AvgIpc) is 3.06. The fourth-order valence-corrected chi connectivity index (χ4v) is 2.61. The minimum absolute atomic E-state index is 0.0102. The molecule has 1 heterocycles. The van der Waals surface area contributed by atoms with Crippen LogP contribution in [0.15, 0.2) is 35.7 Å². The van der Waals surface area contributed by atoms with Gasteiger partial charge in [-0.15, -0.1) is 11.3 Å². The molecule has 8 nitrogen and oxygen atoms in total. The first-order valence-electron chi connectivity index (χ1n) is 6.27. The van der Waals surface area contributed by atoms with E-state index >= 15 is 0 Å². The maximum atomic E-state index is 12.0. The molecule has 1 aromatic heterocycles. The highest BCUT2D eigenvalue weighted by Crippen LogP contribution is 2.22. The van der Waals surface area contributed by atoms with E-state index in [4.69, 9.17) is 23.8 Å². The summed E-state index contributed by atoms with van der Waals surface area (Å²) in [5.74, 6) is -1.08. The van der Waals surface area contributed by atoms with Gasteiger partial charge >= 0.3 is 0 Å². The summed E-state index contributed by atoms with van der Waals surface area (Å²) in [5, 5.41) is 14.4. The first-order chi connectivity index (χ1) is 11.4. The molecule has 1 aromatic carbocycles. The number of amides is 2. The molecule has 0 aliphatic heterocycles. The smallest absolute Gasteiger partial charge is 0.279 e. The lowest BCUT2D eigenvalue weighted by atomic mass is 10.2. The molecule has 11 heteroatoms. The number of hydrogen-bond donors (Lipinski definition) is 3. The zero-order valence-corrected chi connectivity index (χ0v) is 14.1. The first kappa shape index (κ1) is 17.8. The molecule has 2 aromatic rings. The normalized spacial score (nSPS) is 9.88. The number of hydrazine groups is 1. The minimum Gasteiger partial charge on any atom is -0.298 e. The van der Waals surface area contributed by atoms with E-state index in [0.29, 0.717) is 4.88 Å². The Labute approximate surface area is 149 Å². The summed E-state index contributed by atoms with van der Waals surface area (Å²) >= 11 is 12.0. The quantitative estimate of drug-likeness (QED) is 0.425. The second kappa shape index (κ2) is 7.81. The molecule has 0 fully saturated rings. The van der Waals surface area contributed by atoms with Crippen molar-refractivity contribution in [1.82, 2.24) is 16.2 Å². The Bertz CT molecular complexity index is 810. The number of nitro benzene ring substituents is 1. The van der Waals surface area contributed by atoms with Crippen LogP contribution >= 0.6 is 35.2 Å². The average molecular weight is 385 g/mol. The Kier molecular flexibility index (Phi) is 5.79. The molecule has 24 heavy (non-hydrogen) atoms. The highest BCUT2D eigenvalue weighted by atomic mass is 35.5. The van der Waals surface area contributed by atoms with Crippen molar-refractivity contribution in [3.63, 3.8) is 0 Å². The van der Waals surface area contributed by atoms with Gasteiger partial charge in [-0.25, -0.2) is 0 Å². The van der Waals surface area contributed by atoms with Gasteiger partial charge in [0.25, 0.3) is 17.5 Å². The highest BCUT2D eigenvalue weighted by Gasteiger charge is 2.16. The van der Waals surface area contributed by atoms with Crippen LogP contribution in [0.5, 0.6) is 0 Å². The molecule has 2 amide bonds. The number of nitro groups is 1. The number of thiophene rings is 1. The van der Waals surface area contributed by atoms with Crippen molar-refractivity contribution in [3.8, 4) is 0 Å². The number of hydrogen-bond acceptors (Lipinski definition) is 6. The van der Waals surface area contributed by atoms with Gasteiger partial charge in [0.1, 0.15) is 0 Å². The van der Waals surface area contributed by atoms with Crippen LogP contribution in [0.2, 0.25) is 5.02 Å². The van der Waals surface area contributed by atoms with Crippen molar-refractivity contribution < 1.29 is 14.5 Å². The number of non-ortho nitro benzene ring substituents is 1. The number of rotatable bonds is 3. The van der Waals surface area contributed by atoms with Crippen LogP contribution in [0, 0.1) is 10.1 Å². The molecular formula is C13H9ClN4O4S2. The van der Waals surface area contributed by atoms with Gasteiger partial charge in [-0.05, 0) is 29.7 Å². The lowest BCUT2D eigenvalue weighted by molar-refractivity contribution is -0.384. The summed E-state index contributed by atoms with van der Waals surface area (Å²) < 4.78 is 0. The van der Waals surface area contributed by atoms with Gasteiger partial charge in [0.15, 0.2) is 5.11 Å². The van der Waals surface area contributed by atoms with Crippen LogP contribution in [-0.4, -0.2) is 21.9 Å². The molecule has 124 valence electrons. The monoisotopic (exact) mass is 384 g/mol. The molecule has 0 unspecified atom stereocenters. The van der Waals surface area contributed by atoms with Crippen molar-refractivity contribution in [3.05, 3.63) is 61.3 Å². The molecule has 0 bridgehead atoms. The zero-order chi connectivity index (χ0) is 17.7. The molecule has 2 rings (SSSR count). The van der Waals surface area contributed by atoms with Gasteiger partial charge in [0.2, 0.25) is 0 Å². The first-order valence-corrected chi connectivity index (χ1v) is 7.94. The molecule has 0 saturated heterocycles. The molecule has 0 aliphatic rings. The third kappa shape index (κ3) is 4.47. The Balaban J connectivity index is 1.93. The molecular weight excluding hydrogens is 376 g/mol. The third-order valence-corrected chi connectivity index (χ3v) is 4.06. The van der Waals surface area contributed by atoms with E-state index in [1.54, 1.807) is 17.5 Å². The molecule has 0 atom stereocenters. The zero-order valence-electron chi connectivity index (χ0n) is 11.7. The van der Waals surface area contributed by atoms with Gasteiger partial charge in [-0.1, -0.05) is 17.7 Å². The van der Waals surface area contributed by atoms with Crippen molar-refractivity contribution in [2.45, 2.75) is 0 Å². The number of thiocarbonyl (C=S) groups is 1. The van der Waals surface area contributed by atoms with Gasteiger partial charge in [-0.2, -0.15) is 0 Å². The topological polar surface area (TPSA) is 113 Å². The minimum atomic E-state index is -0.669.